The average Bonchev–Trinajstić information content (AvgIpc) is 4.43. The molecule has 0 atom stereocenters. The van der Waals surface area contributed by atoms with Crippen LogP contribution in [-0.4, -0.2) is 34.5 Å². The second kappa shape index (κ2) is 22.0. The van der Waals surface area contributed by atoms with Crippen molar-refractivity contribution in [2.75, 3.05) is 5.73 Å². The van der Waals surface area contributed by atoms with Crippen LogP contribution < -0.4 is 5.73 Å². The Bertz CT molecular complexity index is 3780. The molecular weight excluding hydrogens is 1000 g/mol. The number of nitrogens with two attached hydrogens (primary N) is 1. The van der Waals surface area contributed by atoms with Gasteiger partial charge in [0.15, 0.2) is 0 Å². The van der Waals surface area contributed by atoms with Crippen LogP contribution in [0, 0.1) is 22.0 Å². The summed E-state index contributed by atoms with van der Waals surface area (Å²) in [6.45, 7) is 8.78. The Morgan fingerprint density at radius 2 is 0.795 bits per heavy atom. The normalized spacial score (nSPS) is 11.8. The third kappa shape index (κ3) is 9.58. The predicted octanol–water partition coefficient (Wildman–Crippen LogP) is 15.9. The highest BCUT2D eigenvalue weighted by Crippen LogP contribution is 2.47. The number of nitrogens with zero attached hydrogens (tertiary/aromatic N) is 7. The standard InChI is InChI=1S/C33H28N4O2S.C33H30N4S/c1-23(2)20-31-34-22-30(40-31)32-28-21-27(37(38)39)18-19-29(28)36(35-32)33(24-12-6-3-7-13-24,25-14-8-4-9-15-25)26-16-10-5-11-17-26;1-23(2)20-31-35-22-30(38-31)32-28-21-27(34)18-19-29(28)37(36-32)33(24-12-6-3-7-13-24,25-14-8-4-9-15-25)26-16-10-5-11-17-26/h3-19,21-23H,20H2,1-2H3;3-19,21-23H,20,34H2,1-2H3. The summed E-state index contributed by atoms with van der Waals surface area (Å²) in [5, 5.41) is 26.5. The summed E-state index contributed by atoms with van der Waals surface area (Å²) in [7, 11) is 0. The van der Waals surface area contributed by atoms with Crippen LogP contribution in [0.4, 0.5) is 11.4 Å². The van der Waals surface area contributed by atoms with Gasteiger partial charge in [0.25, 0.3) is 5.69 Å². The first-order chi connectivity index (χ1) is 38.0. The molecule has 0 aliphatic heterocycles. The molecule has 10 nitrogen and oxygen atoms in total. The van der Waals surface area contributed by atoms with Gasteiger partial charge in [-0.3, -0.25) is 10.1 Å². The van der Waals surface area contributed by atoms with Crippen molar-refractivity contribution in [1.29, 1.82) is 0 Å². The number of benzene rings is 8. The molecule has 0 unspecified atom stereocenters. The summed E-state index contributed by atoms with van der Waals surface area (Å²) in [4.78, 5) is 22.9. The van der Waals surface area contributed by atoms with E-state index in [1.807, 2.05) is 89.9 Å². The highest BCUT2D eigenvalue weighted by Gasteiger charge is 2.43. The van der Waals surface area contributed by atoms with Gasteiger partial charge >= 0.3 is 0 Å². The lowest BCUT2D eigenvalue weighted by Crippen LogP contribution is -2.38. The fraction of sp³-hybridized carbons (Fsp3) is 0.152. The van der Waals surface area contributed by atoms with Gasteiger partial charge in [0.1, 0.15) is 22.5 Å². The molecule has 0 fully saturated rings. The number of nitro groups is 1. The van der Waals surface area contributed by atoms with E-state index in [9.17, 15) is 10.1 Å². The van der Waals surface area contributed by atoms with Crippen LogP contribution in [0.3, 0.4) is 0 Å². The molecule has 0 aliphatic carbocycles. The molecule has 386 valence electrons. The first kappa shape index (κ1) is 51.3. The smallest absolute Gasteiger partial charge is 0.270 e. The van der Waals surface area contributed by atoms with Crippen LogP contribution in [0.25, 0.3) is 42.9 Å². The molecule has 2 N–H and O–H groups in total. The van der Waals surface area contributed by atoms with Gasteiger partial charge in [-0.1, -0.05) is 210 Å². The zero-order valence-electron chi connectivity index (χ0n) is 43.8. The highest BCUT2D eigenvalue weighted by atomic mass is 32.1. The van der Waals surface area contributed by atoms with Gasteiger partial charge in [-0.2, -0.15) is 10.2 Å². The van der Waals surface area contributed by atoms with E-state index in [4.69, 9.17) is 20.9 Å². The maximum atomic E-state index is 11.9. The number of nitro benzene ring substituents is 1. The molecule has 8 aromatic carbocycles. The van der Waals surface area contributed by atoms with Crippen LogP contribution in [0.2, 0.25) is 0 Å². The van der Waals surface area contributed by atoms with Gasteiger partial charge < -0.3 is 5.73 Å². The van der Waals surface area contributed by atoms with Crippen LogP contribution >= 0.6 is 22.7 Å². The summed E-state index contributed by atoms with van der Waals surface area (Å²) in [5.41, 5.74) is 15.5. The number of aromatic nitrogens is 6. The lowest BCUT2D eigenvalue weighted by atomic mass is 9.77. The molecule has 4 heterocycles. The molecule has 12 aromatic rings. The quantitative estimate of drug-likeness (QED) is 0.0468. The molecule has 0 amide bonds. The monoisotopic (exact) mass is 1060 g/mol. The second-order valence-corrected chi connectivity index (χ2v) is 22.5. The van der Waals surface area contributed by atoms with Crippen molar-refractivity contribution < 1.29 is 4.92 Å². The summed E-state index contributed by atoms with van der Waals surface area (Å²) < 4.78 is 4.24. The van der Waals surface area contributed by atoms with Crippen molar-refractivity contribution in [3.05, 3.63) is 284 Å². The Hall–Kier alpha value is -8.84. The molecule has 4 aromatic heterocycles. The van der Waals surface area contributed by atoms with Gasteiger partial charge in [0, 0.05) is 53.8 Å². The van der Waals surface area contributed by atoms with E-state index < -0.39 is 11.1 Å². The number of thiazole rings is 2. The van der Waals surface area contributed by atoms with E-state index in [2.05, 4.69) is 171 Å². The van der Waals surface area contributed by atoms with Gasteiger partial charge in [0.2, 0.25) is 0 Å². The van der Waals surface area contributed by atoms with Gasteiger partial charge in [-0.15, -0.1) is 22.7 Å². The van der Waals surface area contributed by atoms with Crippen LogP contribution in [0.5, 0.6) is 0 Å². The Labute approximate surface area is 462 Å². The van der Waals surface area contributed by atoms with E-state index in [0.717, 1.165) is 99.2 Å². The minimum atomic E-state index is -0.845. The molecule has 12 rings (SSSR count). The summed E-state index contributed by atoms with van der Waals surface area (Å²) in [6.07, 6.45) is 5.63. The van der Waals surface area contributed by atoms with E-state index >= 15 is 0 Å². The van der Waals surface area contributed by atoms with Crippen molar-refractivity contribution in [2.24, 2.45) is 11.8 Å². The van der Waals surface area contributed by atoms with Crippen LogP contribution in [0.15, 0.2) is 231 Å². The second-order valence-electron chi connectivity index (χ2n) is 20.3. The van der Waals surface area contributed by atoms with Crippen molar-refractivity contribution >= 4 is 55.9 Å². The van der Waals surface area contributed by atoms with Gasteiger partial charge in [0.05, 0.1) is 35.7 Å². The molecule has 0 saturated heterocycles. The Morgan fingerprint density at radius 3 is 1.12 bits per heavy atom. The van der Waals surface area contributed by atoms with Gasteiger partial charge in [-0.25, -0.2) is 19.3 Å². The lowest BCUT2D eigenvalue weighted by Gasteiger charge is -2.37. The van der Waals surface area contributed by atoms with Crippen LogP contribution in [-0.2, 0) is 23.9 Å². The van der Waals surface area contributed by atoms with E-state index in [-0.39, 0.29) is 10.6 Å². The SMILES string of the molecule is CC(C)Cc1ncc(-c2nn(C(c3ccccc3)(c3ccccc3)c3ccccc3)c3ccc(N)cc23)s1.CC(C)Cc1ncc(-c2nn(C(c3ccccc3)(c3ccccc3)c3ccccc3)c3ccc([N+](=O)[O-])cc23)s1. The maximum absolute atomic E-state index is 11.9. The van der Waals surface area contributed by atoms with Crippen molar-refractivity contribution in [3.8, 4) is 21.1 Å². The molecule has 0 spiro atoms. The third-order valence-corrected chi connectivity index (χ3v) is 16.2. The summed E-state index contributed by atoms with van der Waals surface area (Å²) in [5.74, 6) is 1.01. The topological polar surface area (TPSA) is 131 Å². The zero-order valence-corrected chi connectivity index (χ0v) is 45.5. The van der Waals surface area contributed by atoms with Crippen molar-refractivity contribution in [2.45, 2.75) is 51.6 Å². The molecule has 0 aliphatic rings. The number of fused-ring (bicyclic) bond motifs is 2. The zero-order chi connectivity index (χ0) is 53.8. The van der Waals surface area contributed by atoms with Crippen molar-refractivity contribution in [1.82, 2.24) is 29.5 Å². The minimum absolute atomic E-state index is 0.0324. The maximum Gasteiger partial charge on any atom is 0.270 e. The molecule has 12 heteroatoms. The van der Waals surface area contributed by atoms with E-state index in [1.165, 1.54) is 0 Å². The fourth-order valence-corrected chi connectivity index (χ4v) is 13.0. The Balaban J connectivity index is 0.000000166. The van der Waals surface area contributed by atoms with Crippen LogP contribution in [0.1, 0.15) is 71.1 Å². The Kier molecular flexibility index (Phi) is 14.5. The average molecular weight is 1060 g/mol. The number of anilines is 1. The number of hydrogen-bond acceptors (Lipinski definition) is 9. The highest BCUT2D eigenvalue weighted by molar-refractivity contribution is 7.15. The molecule has 0 radical (unpaired) electrons. The molecular formula is C66H58N8O2S2. The van der Waals surface area contributed by atoms with E-state index in [1.54, 1.807) is 34.8 Å². The summed E-state index contributed by atoms with van der Waals surface area (Å²) >= 11 is 3.32. The number of rotatable bonds is 15. The first-order valence-corrected chi connectivity index (χ1v) is 27.9. The molecule has 78 heavy (non-hydrogen) atoms. The van der Waals surface area contributed by atoms with E-state index in [0.29, 0.717) is 17.5 Å². The number of hydrogen-bond donors (Lipinski definition) is 1. The number of nitrogen functional groups attached to an aromatic ring is 1. The summed E-state index contributed by atoms with van der Waals surface area (Å²) in [6, 6.07) is 74.0. The third-order valence-electron chi connectivity index (χ3n) is 14.1. The first-order valence-electron chi connectivity index (χ1n) is 26.2. The largest absolute Gasteiger partial charge is 0.399 e. The molecule has 0 bridgehead atoms. The predicted molar refractivity (Wildman–Crippen MR) is 319 cm³/mol. The van der Waals surface area contributed by atoms with Gasteiger partial charge in [-0.05, 0) is 69.5 Å². The minimum Gasteiger partial charge on any atom is -0.399 e. The fourth-order valence-electron chi connectivity index (χ4n) is 10.8. The lowest BCUT2D eigenvalue weighted by molar-refractivity contribution is -0.384. The molecule has 0 saturated carbocycles. The van der Waals surface area contributed by atoms with Crippen molar-refractivity contribution in [3.63, 3.8) is 0 Å². The number of non-ortho nitro benzene ring substituents is 1. The Morgan fingerprint density at radius 1 is 0.474 bits per heavy atom.